The summed E-state index contributed by atoms with van der Waals surface area (Å²) in [7, 11) is 0. The van der Waals surface area contributed by atoms with Gasteiger partial charge in [0.25, 0.3) is 0 Å². The first-order valence-electron chi connectivity index (χ1n) is 7.81. The quantitative estimate of drug-likeness (QED) is 0.738. The number of rotatable bonds is 5. The lowest BCUT2D eigenvalue weighted by molar-refractivity contribution is -0.133. The summed E-state index contributed by atoms with van der Waals surface area (Å²) in [4.78, 5) is 36.1. The molecule has 2 amide bonds. The minimum Gasteiger partial charge on any atom is -0.352 e. The average Bonchev–Trinajstić information content (AvgIpc) is 2.59. The molecule has 23 heavy (non-hydrogen) atoms. The van der Waals surface area contributed by atoms with E-state index in [0.29, 0.717) is 26.2 Å². The second-order valence-electron chi connectivity index (χ2n) is 5.92. The predicted octanol–water partition coefficient (Wildman–Crippen LogP) is -0.775. The number of nitrogens with zero attached hydrogens (tertiary/aromatic N) is 4. The van der Waals surface area contributed by atoms with Gasteiger partial charge in [0.15, 0.2) is 0 Å². The molecular weight excluding hydrogens is 296 g/mol. The molecule has 1 aliphatic rings. The van der Waals surface area contributed by atoms with Gasteiger partial charge in [-0.15, -0.1) is 0 Å². The van der Waals surface area contributed by atoms with Gasteiger partial charge < -0.3 is 20.9 Å². The Balaban J connectivity index is 1.77. The molecule has 8 heteroatoms. The van der Waals surface area contributed by atoms with Crippen molar-refractivity contribution in [1.82, 2.24) is 20.2 Å². The van der Waals surface area contributed by atoms with E-state index in [1.807, 2.05) is 13.8 Å². The Bertz CT molecular complexity index is 528. The molecule has 1 fully saturated rings. The summed E-state index contributed by atoms with van der Waals surface area (Å²) in [5.74, 6) is 0.482. The Kier molecular flexibility index (Phi) is 5.86. The van der Waals surface area contributed by atoms with Crippen molar-refractivity contribution in [2.24, 2.45) is 11.7 Å². The van der Waals surface area contributed by atoms with Crippen molar-refractivity contribution in [2.75, 3.05) is 37.6 Å². The molecule has 0 spiro atoms. The Morgan fingerprint density at radius 3 is 2.52 bits per heavy atom. The highest BCUT2D eigenvalue weighted by Crippen LogP contribution is 2.11. The molecule has 2 rings (SSSR count). The Labute approximate surface area is 136 Å². The lowest BCUT2D eigenvalue weighted by Gasteiger charge is -2.35. The van der Waals surface area contributed by atoms with E-state index in [0.717, 1.165) is 5.82 Å². The van der Waals surface area contributed by atoms with Crippen molar-refractivity contribution in [3.8, 4) is 0 Å². The third-order valence-corrected chi connectivity index (χ3v) is 3.94. The van der Waals surface area contributed by atoms with Crippen LogP contribution in [0.3, 0.4) is 0 Å². The van der Waals surface area contributed by atoms with Crippen LogP contribution in [0.25, 0.3) is 0 Å². The van der Waals surface area contributed by atoms with Crippen LogP contribution in [0, 0.1) is 5.92 Å². The summed E-state index contributed by atoms with van der Waals surface area (Å²) < 4.78 is 0. The highest BCUT2D eigenvalue weighted by atomic mass is 16.2. The van der Waals surface area contributed by atoms with E-state index in [4.69, 9.17) is 5.73 Å². The highest BCUT2D eigenvalue weighted by Gasteiger charge is 2.23. The summed E-state index contributed by atoms with van der Waals surface area (Å²) >= 11 is 0. The molecule has 1 aromatic heterocycles. The molecule has 1 saturated heterocycles. The van der Waals surface area contributed by atoms with E-state index < -0.39 is 6.04 Å². The summed E-state index contributed by atoms with van der Waals surface area (Å²) in [6, 6.07) is -0.587. The predicted molar refractivity (Wildman–Crippen MR) is 86.6 cm³/mol. The zero-order chi connectivity index (χ0) is 16.8. The molecule has 1 aromatic rings. The maximum absolute atomic E-state index is 12.2. The van der Waals surface area contributed by atoms with Crippen molar-refractivity contribution in [3.63, 3.8) is 0 Å². The third kappa shape index (κ3) is 4.62. The number of aromatic nitrogens is 2. The number of nitrogens with two attached hydrogens (primary N) is 1. The number of nitrogens with one attached hydrogen (secondary N) is 1. The van der Waals surface area contributed by atoms with Crippen LogP contribution in [0.2, 0.25) is 0 Å². The number of carbonyl (C=O) groups excluding carboxylic acids is 2. The van der Waals surface area contributed by atoms with E-state index in [1.165, 1.54) is 0 Å². The van der Waals surface area contributed by atoms with Gasteiger partial charge in [-0.3, -0.25) is 14.6 Å². The molecule has 0 aliphatic carbocycles. The van der Waals surface area contributed by atoms with E-state index in [1.54, 1.807) is 23.5 Å². The molecule has 0 radical (unpaired) electrons. The normalized spacial score (nSPS) is 16.3. The maximum atomic E-state index is 12.2. The second-order valence-corrected chi connectivity index (χ2v) is 5.92. The first kappa shape index (κ1) is 17.1. The summed E-state index contributed by atoms with van der Waals surface area (Å²) in [6.45, 7) is 6.33. The number of amides is 2. The SMILES string of the molecule is CC(C)[C@H](N)C(=O)NCC(=O)N1CCN(c2cnccn2)CC1. The zero-order valence-electron chi connectivity index (χ0n) is 13.6. The number of hydrogen-bond acceptors (Lipinski definition) is 6. The zero-order valence-corrected chi connectivity index (χ0v) is 13.6. The van der Waals surface area contributed by atoms with E-state index >= 15 is 0 Å². The molecule has 1 atom stereocenters. The van der Waals surface area contributed by atoms with Gasteiger partial charge in [-0.05, 0) is 5.92 Å². The van der Waals surface area contributed by atoms with Gasteiger partial charge in [0.1, 0.15) is 5.82 Å². The van der Waals surface area contributed by atoms with Crippen molar-refractivity contribution < 1.29 is 9.59 Å². The average molecular weight is 320 g/mol. The van der Waals surface area contributed by atoms with Crippen LogP contribution in [0.4, 0.5) is 5.82 Å². The minimum atomic E-state index is -0.587. The maximum Gasteiger partial charge on any atom is 0.242 e. The first-order valence-corrected chi connectivity index (χ1v) is 7.81. The van der Waals surface area contributed by atoms with Crippen LogP contribution >= 0.6 is 0 Å². The summed E-state index contributed by atoms with van der Waals surface area (Å²) in [6.07, 6.45) is 5.00. The molecule has 0 aromatic carbocycles. The van der Waals surface area contributed by atoms with Crippen molar-refractivity contribution >= 4 is 17.6 Å². The van der Waals surface area contributed by atoms with Gasteiger partial charge in [0.2, 0.25) is 11.8 Å². The molecule has 1 aliphatic heterocycles. The topological polar surface area (TPSA) is 104 Å². The molecule has 2 heterocycles. The van der Waals surface area contributed by atoms with Crippen LogP contribution in [0.15, 0.2) is 18.6 Å². The fraction of sp³-hybridized carbons (Fsp3) is 0.600. The molecule has 126 valence electrons. The van der Waals surface area contributed by atoms with Crippen molar-refractivity contribution in [2.45, 2.75) is 19.9 Å². The summed E-state index contributed by atoms with van der Waals surface area (Å²) in [5.41, 5.74) is 5.75. The number of piperazine rings is 1. The van der Waals surface area contributed by atoms with E-state index in [-0.39, 0.29) is 24.3 Å². The monoisotopic (exact) mass is 320 g/mol. The smallest absolute Gasteiger partial charge is 0.242 e. The standard InChI is InChI=1S/C15H24N6O2/c1-11(2)14(16)15(23)19-10-13(22)21-7-5-20(6-8-21)12-9-17-3-4-18-12/h3-4,9,11,14H,5-8,10,16H2,1-2H3,(H,19,23)/t14-/m0/s1. The van der Waals surface area contributed by atoms with Crippen LogP contribution in [-0.2, 0) is 9.59 Å². The van der Waals surface area contributed by atoms with Gasteiger partial charge in [-0.25, -0.2) is 4.98 Å². The lowest BCUT2D eigenvalue weighted by Crippen LogP contribution is -2.53. The van der Waals surface area contributed by atoms with E-state index in [2.05, 4.69) is 20.2 Å². The first-order chi connectivity index (χ1) is 11.0. The molecule has 3 N–H and O–H groups in total. The van der Waals surface area contributed by atoms with Gasteiger partial charge in [-0.2, -0.15) is 0 Å². The Hall–Kier alpha value is -2.22. The van der Waals surface area contributed by atoms with E-state index in [9.17, 15) is 9.59 Å². The number of carbonyl (C=O) groups is 2. The van der Waals surface area contributed by atoms with Crippen LogP contribution in [-0.4, -0.2) is 65.4 Å². The van der Waals surface area contributed by atoms with Gasteiger partial charge in [0.05, 0.1) is 18.8 Å². The van der Waals surface area contributed by atoms with Crippen LogP contribution in [0.1, 0.15) is 13.8 Å². The van der Waals surface area contributed by atoms with Crippen molar-refractivity contribution in [3.05, 3.63) is 18.6 Å². The Morgan fingerprint density at radius 2 is 1.96 bits per heavy atom. The molecular formula is C15H24N6O2. The van der Waals surface area contributed by atoms with Crippen LogP contribution < -0.4 is 16.0 Å². The van der Waals surface area contributed by atoms with Crippen molar-refractivity contribution in [1.29, 1.82) is 0 Å². The van der Waals surface area contributed by atoms with Gasteiger partial charge in [0, 0.05) is 38.6 Å². The Morgan fingerprint density at radius 1 is 1.26 bits per heavy atom. The number of hydrogen-bond donors (Lipinski definition) is 2. The fourth-order valence-corrected chi connectivity index (χ4v) is 2.33. The molecule has 0 unspecified atom stereocenters. The van der Waals surface area contributed by atoms with Gasteiger partial charge >= 0.3 is 0 Å². The number of anilines is 1. The highest BCUT2D eigenvalue weighted by molar-refractivity contribution is 5.87. The lowest BCUT2D eigenvalue weighted by atomic mass is 10.1. The van der Waals surface area contributed by atoms with Gasteiger partial charge in [-0.1, -0.05) is 13.8 Å². The fourth-order valence-electron chi connectivity index (χ4n) is 2.33. The molecule has 0 bridgehead atoms. The molecule has 0 saturated carbocycles. The second kappa shape index (κ2) is 7.87. The van der Waals surface area contributed by atoms with Crippen LogP contribution in [0.5, 0.6) is 0 Å². The summed E-state index contributed by atoms with van der Waals surface area (Å²) in [5, 5.41) is 2.61. The minimum absolute atomic E-state index is 0.00953. The largest absolute Gasteiger partial charge is 0.352 e. The third-order valence-electron chi connectivity index (χ3n) is 3.94. The molecule has 8 nitrogen and oxygen atoms in total.